The summed E-state index contributed by atoms with van der Waals surface area (Å²) in [6, 6.07) is 0. The Morgan fingerprint density at radius 2 is 2.27 bits per heavy atom. The van der Waals surface area contributed by atoms with Gasteiger partial charge < -0.3 is 15.2 Å². The van der Waals surface area contributed by atoms with E-state index in [-0.39, 0.29) is 23.7 Å². The van der Waals surface area contributed by atoms with Crippen molar-refractivity contribution in [2.45, 2.75) is 0 Å². The molecule has 0 aromatic carbocycles. The highest BCUT2D eigenvalue weighted by atomic mass is 16.6. The van der Waals surface area contributed by atoms with Crippen molar-refractivity contribution in [2.75, 3.05) is 26.1 Å². The maximum atomic E-state index is 10.7. The van der Waals surface area contributed by atoms with E-state index in [0.717, 1.165) is 0 Å². The number of pyridine rings is 1. The average molecular weight is 213 g/mol. The van der Waals surface area contributed by atoms with E-state index < -0.39 is 4.92 Å². The van der Waals surface area contributed by atoms with Gasteiger partial charge in [0.2, 0.25) is 5.75 Å². The van der Waals surface area contributed by atoms with Crippen LogP contribution in [0.2, 0.25) is 0 Å². The first-order chi connectivity index (χ1) is 7.16. The van der Waals surface area contributed by atoms with Crippen molar-refractivity contribution < 1.29 is 14.4 Å². The number of hydrogen-bond acceptors (Lipinski definition) is 6. The summed E-state index contributed by atoms with van der Waals surface area (Å²) in [6.07, 6.45) is 2.46. The lowest BCUT2D eigenvalue weighted by Crippen LogP contribution is -2.07. The predicted molar refractivity (Wildman–Crippen MR) is 52.7 cm³/mol. The Morgan fingerprint density at radius 3 is 2.87 bits per heavy atom. The number of ether oxygens (including phenoxy) is 2. The van der Waals surface area contributed by atoms with Crippen LogP contribution in [0, 0.1) is 10.1 Å². The van der Waals surface area contributed by atoms with Gasteiger partial charge in [0.25, 0.3) is 0 Å². The van der Waals surface area contributed by atoms with E-state index in [1.807, 2.05) is 0 Å². The molecule has 0 saturated carbocycles. The number of nitro groups is 1. The van der Waals surface area contributed by atoms with Crippen LogP contribution in [0.3, 0.4) is 0 Å². The van der Waals surface area contributed by atoms with Crippen LogP contribution in [0.15, 0.2) is 12.4 Å². The van der Waals surface area contributed by atoms with Crippen molar-refractivity contribution in [1.29, 1.82) is 0 Å². The molecule has 82 valence electrons. The number of nitrogen functional groups attached to an aromatic ring is 1. The second-order valence-electron chi connectivity index (χ2n) is 2.67. The maximum Gasteiger partial charge on any atom is 0.336 e. The molecule has 0 aliphatic heterocycles. The number of aromatic nitrogens is 1. The lowest BCUT2D eigenvalue weighted by molar-refractivity contribution is -0.385. The normalized spacial score (nSPS) is 9.93. The van der Waals surface area contributed by atoms with Gasteiger partial charge >= 0.3 is 5.69 Å². The fourth-order valence-corrected chi connectivity index (χ4v) is 0.986. The second-order valence-corrected chi connectivity index (χ2v) is 2.67. The number of hydrogen-bond donors (Lipinski definition) is 1. The third-order valence-corrected chi connectivity index (χ3v) is 1.64. The molecule has 2 N–H and O–H groups in total. The number of methoxy groups -OCH3 is 1. The highest BCUT2D eigenvalue weighted by molar-refractivity contribution is 5.63. The molecule has 0 spiro atoms. The molecule has 1 aromatic rings. The molecule has 7 heteroatoms. The first kappa shape index (κ1) is 11.2. The number of rotatable bonds is 5. The van der Waals surface area contributed by atoms with Gasteiger partial charge in [-0.2, -0.15) is 0 Å². The van der Waals surface area contributed by atoms with Gasteiger partial charge in [0.05, 0.1) is 23.9 Å². The van der Waals surface area contributed by atoms with Gasteiger partial charge in [0, 0.05) is 7.11 Å². The Kier molecular flexibility index (Phi) is 3.81. The van der Waals surface area contributed by atoms with Crippen molar-refractivity contribution in [2.24, 2.45) is 0 Å². The van der Waals surface area contributed by atoms with Gasteiger partial charge in [-0.25, -0.2) is 0 Å². The summed E-state index contributed by atoms with van der Waals surface area (Å²) in [5.41, 5.74) is 5.13. The summed E-state index contributed by atoms with van der Waals surface area (Å²) in [5.74, 6) is 0.0528. The molecular weight excluding hydrogens is 202 g/mol. The van der Waals surface area contributed by atoms with Crippen LogP contribution < -0.4 is 10.5 Å². The van der Waals surface area contributed by atoms with Crippen molar-refractivity contribution in [3.05, 3.63) is 22.5 Å². The van der Waals surface area contributed by atoms with E-state index in [4.69, 9.17) is 15.2 Å². The highest BCUT2D eigenvalue weighted by Crippen LogP contribution is 2.31. The molecule has 1 aromatic heterocycles. The van der Waals surface area contributed by atoms with Crippen LogP contribution >= 0.6 is 0 Å². The third-order valence-electron chi connectivity index (χ3n) is 1.64. The molecule has 1 heterocycles. The minimum absolute atomic E-state index is 0.0186. The molecule has 1 rings (SSSR count). The molecule has 0 radical (unpaired) electrons. The van der Waals surface area contributed by atoms with Crippen molar-refractivity contribution in [3.63, 3.8) is 0 Å². The average Bonchev–Trinajstić information content (AvgIpc) is 2.17. The molecule has 0 fully saturated rings. The van der Waals surface area contributed by atoms with Crippen molar-refractivity contribution >= 4 is 11.4 Å². The lowest BCUT2D eigenvalue weighted by Gasteiger charge is -2.06. The number of anilines is 1. The van der Waals surface area contributed by atoms with E-state index in [9.17, 15) is 10.1 Å². The molecular formula is C8H11N3O4. The van der Waals surface area contributed by atoms with Gasteiger partial charge in [-0.05, 0) is 0 Å². The van der Waals surface area contributed by atoms with Crippen molar-refractivity contribution in [1.82, 2.24) is 4.98 Å². The SMILES string of the molecule is COCCOc1cncc(N)c1[N+](=O)[O-]. The van der Waals surface area contributed by atoms with E-state index in [1.54, 1.807) is 0 Å². The maximum absolute atomic E-state index is 10.7. The molecule has 0 saturated heterocycles. The van der Waals surface area contributed by atoms with E-state index >= 15 is 0 Å². The van der Waals surface area contributed by atoms with Crippen LogP contribution in [0.4, 0.5) is 11.4 Å². The Hall–Kier alpha value is -1.89. The number of nitrogens with zero attached hydrogens (tertiary/aromatic N) is 2. The quantitative estimate of drug-likeness (QED) is 0.436. The molecule has 0 atom stereocenters. The van der Waals surface area contributed by atoms with Crippen LogP contribution in [0.25, 0.3) is 0 Å². The van der Waals surface area contributed by atoms with Gasteiger partial charge in [0.15, 0.2) is 0 Å². The first-order valence-corrected chi connectivity index (χ1v) is 4.16. The Bertz CT molecular complexity index is 356. The van der Waals surface area contributed by atoms with E-state index in [1.165, 1.54) is 19.5 Å². The summed E-state index contributed by atoms with van der Waals surface area (Å²) in [5, 5.41) is 10.7. The zero-order valence-electron chi connectivity index (χ0n) is 8.17. The van der Waals surface area contributed by atoms with E-state index in [2.05, 4.69) is 4.98 Å². The minimum atomic E-state index is -0.598. The zero-order valence-corrected chi connectivity index (χ0v) is 8.17. The van der Waals surface area contributed by atoms with Gasteiger partial charge in [0.1, 0.15) is 12.3 Å². The van der Waals surface area contributed by atoms with Crippen LogP contribution in [-0.4, -0.2) is 30.2 Å². The zero-order chi connectivity index (χ0) is 11.3. The molecule has 15 heavy (non-hydrogen) atoms. The topological polar surface area (TPSA) is 101 Å². The van der Waals surface area contributed by atoms with Crippen LogP contribution in [-0.2, 0) is 4.74 Å². The summed E-state index contributed by atoms with van der Waals surface area (Å²) >= 11 is 0. The molecule has 0 unspecified atom stereocenters. The fourth-order valence-electron chi connectivity index (χ4n) is 0.986. The largest absolute Gasteiger partial charge is 0.483 e. The summed E-state index contributed by atoms with van der Waals surface area (Å²) in [6.45, 7) is 0.550. The van der Waals surface area contributed by atoms with Gasteiger partial charge in [-0.1, -0.05) is 0 Å². The minimum Gasteiger partial charge on any atom is -0.483 e. The standard InChI is InChI=1S/C8H11N3O4/c1-14-2-3-15-7-5-10-4-6(9)8(7)11(12)13/h4-5H,2-3,9H2,1H3. The molecule has 0 amide bonds. The summed E-state index contributed by atoms with van der Waals surface area (Å²) in [7, 11) is 1.51. The van der Waals surface area contributed by atoms with Crippen LogP contribution in [0.5, 0.6) is 5.75 Å². The second kappa shape index (κ2) is 5.11. The summed E-state index contributed by atoms with van der Waals surface area (Å²) < 4.78 is 9.86. The molecule has 0 aliphatic carbocycles. The van der Waals surface area contributed by atoms with Gasteiger partial charge in [-0.15, -0.1) is 0 Å². The Labute approximate surface area is 86.0 Å². The highest BCUT2D eigenvalue weighted by Gasteiger charge is 2.19. The van der Waals surface area contributed by atoms with Gasteiger partial charge in [-0.3, -0.25) is 15.1 Å². The molecule has 0 bridgehead atoms. The third kappa shape index (κ3) is 2.78. The predicted octanol–water partition coefficient (Wildman–Crippen LogP) is 0.597. The molecule has 0 aliphatic rings. The fraction of sp³-hybridized carbons (Fsp3) is 0.375. The lowest BCUT2D eigenvalue weighted by atomic mass is 10.3. The van der Waals surface area contributed by atoms with E-state index in [0.29, 0.717) is 6.61 Å². The Balaban J connectivity index is 2.86. The number of nitrogens with two attached hydrogens (primary N) is 1. The first-order valence-electron chi connectivity index (χ1n) is 4.16. The Morgan fingerprint density at radius 1 is 1.53 bits per heavy atom. The summed E-state index contributed by atoms with van der Waals surface area (Å²) in [4.78, 5) is 13.8. The van der Waals surface area contributed by atoms with Crippen molar-refractivity contribution in [3.8, 4) is 5.75 Å². The molecule has 7 nitrogen and oxygen atoms in total. The smallest absolute Gasteiger partial charge is 0.336 e. The monoisotopic (exact) mass is 213 g/mol. The van der Waals surface area contributed by atoms with Crippen LogP contribution in [0.1, 0.15) is 0 Å².